The minimum absolute atomic E-state index is 0. The van der Waals surface area contributed by atoms with Gasteiger partial charge in [0.1, 0.15) is 0 Å². The summed E-state index contributed by atoms with van der Waals surface area (Å²) in [5, 5.41) is 9.76. The molecule has 1 aromatic carbocycles. The Bertz CT molecular complexity index is 683. The third-order valence-corrected chi connectivity index (χ3v) is 5.61. The molecular formula is C22H35IN4O2. The van der Waals surface area contributed by atoms with Crippen molar-refractivity contribution in [2.75, 3.05) is 25.0 Å². The van der Waals surface area contributed by atoms with Crippen LogP contribution in [-0.4, -0.2) is 37.2 Å². The van der Waals surface area contributed by atoms with Gasteiger partial charge in [0, 0.05) is 31.3 Å². The van der Waals surface area contributed by atoms with Crippen LogP contribution in [0.25, 0.3) is 0 Å². The van der Waals surface area contributed by atoms with Gasteiger partial charge in [-0.25, -0.2) is 4.99 Å². The molecule has 1 atom stereocenters. The average Bonchev–Trinajstić information content (AvgIpc) is 3.37. The van der Waals surface area contributed by atoms with Gasteiger partial charge in [-0.05, 0) is 57.2 Å². The molecule has 0 spiro atoms. The highest BCUT2D eigenvalue weighted by Gasteiger charge is 2.29. The fraction of sp³-hybridized carbons (Fsp3) is 0.636. The van der Waals surface area contributed by atoms with E-state index in [9.17, 15) is 4.79 Å². The maximum Gasteiger partial charge on any atom is 0.227 e. The predicted molar refractivity (Wildman–Crippen MR) is 129 cm³/mol. The lowest BCUT2D eigenvalue weighted by molar-refractivity contribution is -0.119. The Morgan fingerprint density at radius 2 is 2.03 bits per heavy atom. The zero-order chi connectivity index (χ0) is 19.8. The van der Waals surface area contributed by atoms with Crippen molar-refractivity contribution in [3.8, 4) is 0 Å². The maximum absolute atomic E-state index is 12.3. The van der Waals surface area contributed by atoms with E-state index in [4.69, 9.17) is 9.73 Å². The summed E-state index contributed by atoms with van der Waals surface area (Å²) in [6, 6.07) is 7.98. The van der Waals surface area contributed by atoms with Gasteiger partial charge >= 0.3 is 0 Å². The van der Waals surface area contributed by atoms with Crippen molar-refractivity contribution in [2.24, 2.45) is 10.9 Å². The summed E-state index contributed by atoms with van der Waals surface area (Å²) in [6.45, 7) is 7.15. The van der Waals surface area contributed by atoms with Crippen LogP contribution in [0.4, 0.5) is 5.69 Å². The van der Waals surface area contributed by atoms with Gasteiger partial charge in [0.15, 0.2) is 5.96 Å². The molecule has 29 heavy (non-hydrogen) atoms. The Kier molecular flexibility index (Phi) is 9.68. The maximum atomic E-state index is 12.3. The van der Waals surface area contributed by atoms with Crippen molar-refractivity contribution in [1.29, 1.82) is 0 Å². The lowest BCUT2D eigenvalue weighted by atomic mass is 10.0. The number of nitrogens with zero attached hydrogens (tertiary/aromatic N) is 1. The van der Waals surface area contributed by atoms with E-state index in [1.807, 2.05) is 24.3 Å². The molecule has 1 aliphatic heterocycles. The molecule has 1 aliphatic carbocycles. The van der Waals surface area contributed by atoms with Crippen LogP contribution in [0, 0.1) is 5.92 Å². The molecule has 1 saturated carbocycles. The van der Waals surface area contributed by atoms with Gasteiger partial charge in [0.25, 0.3) is 0 Å². The summed E-state index contributed by atoms with van der Waals surface area (Å²) in [5.41, 5.74) is 1.82. The Balaban J connectivity index is 0.00000300. The van der Waals surface area contributed by atoms with Crippen molar-refractivity contribution < 1.29 is 9.53 Å². The molecule has 3 rings (SSSR count). The molecule has 1 amide bonds. The number of ether oxygens (including phenoxy) is 1. The van der Waals surface area contributed by atoms with Gasteiger partial charge in [-0.15, -0.1) is 24.0 Å². The van der Waals surface area contributed by atoms with Crippen LogP contribution in [0.1, 0.15) is 57.9 Å². The topological polar surface area (TPSA) is 74.8 Å². The number of guanidine groups is 1. The fourth-order valence-corrected chi connectivity index (χ4v) is 3.94. The number of rotatable bonds is 7. The molecule has 7 heteroatoms. The smallest absolute Gasteiger partial charge is 0.227 e. The number of benzene rings is 1. The van der Waals surface area contributed by atoms with Crippen molar-refractivity contribution >= 4 is 41.5 Å². The van der Waals surface area contributed by atoms with E-state index in [-0.39, 0.29) is 41.4 Å². The van der Waals surface area contributed by atoms with Gasteiger partial charge in [0.2, 0.25) is 5.91 Å². The van der Waals surface area contributed by atoms with Crippen LogP contribution in [0.15, 0.2) is 29.3 Å². The summed E-state index contributed by atoms with van der Waals surface area (Å²) in [7, 11) is 0. The summed E-state index contributed by atoms with van der Waals surface area (Å²) in [4.78, 5) is 17.0. The molecule has 1 heterocycles. The van der Waals surface area contributed by atoms with Crippen LogP contribution in [0.3, 0.4) is 0 Å². The quantitative estimate of drug-likeness (QED) is 0.292. The normalized spacial score (nSPS) is 22.2. The molecule has 0 radical (unpaired) electrons. The zero-order valence-corrected chi connectivity index (χ0v) is 20.0. The van der Waals surface area contributed by atoms with Gasteiger partial charge in [0.05, 0.1) is 12.1 Å². The second kappa shape index (κ2) is 11.7. The number of nitrogens with one attached hydrogen (secondary N) is 3. The molecular weight excluding hydrogens is 479 g/mol. The van der Waals surface area contributed by atoms with Crippen LogP contribution in [0.5, 0.6) is 0 Å². The summed E-state index contributed by atoms with van der Waals surface area (Å²) >= 11 is 0. The van der Waals surface area contributed by atoms with Gasteiger partial charge in [-0.1, -0.05) is 25.0 Å². The van der Waals surface area contributed by atoms with Gasteiger partial charge < -0.3 is 20.7 Å². The fourth-order valence-electron chi connectivity index (χ4n) is 3.94. The second-order valence-corrected chi connectivity index (χ2v) is 8.12. The van der Waals surface area contributed by atoms with Crippen LogP contribution in [-0.2, 0) is 16.1 Å². The first kappa shape index (κ1) is 23.9. The van der Waals surface area contributed by atoms with E-state index in [1.165, 1.54) is 0 Å². The predicted octanol–water partition coefficient (Wildman–Crippen LogP) is 4.06. The van der Waals surface area contributed by atoms with Gasteiger partial charge in [-0.2, -0.15) is 0 Å². The first-order chi connectivity index (χ1) is 13.6. The lowest BCUT2D eigenvalue weighted by Crippen LogP contribution is -2.45. The standard InChI is InChI=1S/C22H34N4O2.HI/c1-3-23-21(25-16-22(2)12-7-13-28-22)24-15-17-8-6-11-19(14-17)26-20(27)18-9-4-5-10-18;/h6,8,11,14,18H,3-5,7,9-10,12-13,15-16H2,1-2H3,(H,26,27)(H2,23,24,25);1H. The minimum atomic E-state index is -0.110. The van der Waals surface area contributed by atoms with E-state index in [2.05, 4.69) is 29.8 Å². The third-order valence-electron chi connectivity index (χ3n) is 5.61. The number of hydrogen-bond donors (Lipinski definition) is 3. The number of halogens is 1. The summed E-state index contributed by atoms with van der Waals surface area (Å²) in [6.07, 6.45) is 6.54. The molecule has 2 fully saturated rings. The Labute approximate surface area is 191 Å². The molecule has 162 valence electrons. The first-order valence-electron chi connectivity index (χ1n) is 10.6. The molecule has 0 bridgehead atoms. The van der Waals surface area contributed by atoms with E-state index < -0.39 is 0 Å². The van der Waals surface area contributed by atoms with Crippen molar-refractivity contribution in [2.45, 2.75) is 64.5 Å². The first-order valence-corrected chi connectivity index (χ1v) is 10.6. The molecule has 1 saturated heterocycles. The third kappa shape index (κ3) is 7.44. The molecule has 3 N–H and O–H groups in total. The molecule has 6 nitrogen and oxygen atoms in total. The van der Waals surface area contributed by atoms with Crippen molar-refractivity contribution in [1.82, 2.24) is 10.6 Å². The highest BCUT2D eigenvalue weighted by atomic mass is 127. The van der Waals surface area contributed by atoms with Crippen molar-refractivity contribution in [3.05, 3.63) is 29.8 Å². The lowest BCUT2D eigenvalue weighted by Gasteiger charge is -2.24. The Morgan fingerprint density at radius 3 is 2.72 bits per heavy atom. The van der Waals surface area contributed by atoms with Crippen molar-refractivity contribution in [3.63, 3.8) is 0 Å². The number of carbonyl (C=O) groups excluding carboxylic acids is 1. The Hall–Kier alpha value is -1.35. The SMILES string of the molecule is CCNC(=NCc1cccc(NC(=O)C2CCCC2)c1)NCC1(C)CCCO1.I. The molecule has 1 aromatic rings. The summed E-state index contributed by atoms with van der Waals surface area (Å²) < 4.78 is 5.84. The second-order valence-electron chi connectivity index (χ2n) is 8.12. The van der Waals surface area contributed by atoms with E-state index in [1.54, 1.807) is 0 Å². The Morgan fingerprint density at radius 1 is 1.24 bits per heavy atom. The average molecular weight is 514 g/mol. The number of aliphatic imine (C=N–C) groups is 1. The monoisotopic (exact) mass is 514 g/mol. The molecule has 1 unspecified atom stereocenters. The number of carbonyl (C=O) groups is 1. The largest absolute Gasteiger partial charge is 0.373 e. The number of amides is 1. The zero-order valence-electron chi connectivity index (χ0n) is 17.6. The summed E-state index contributed by atoms with van der Waals surface area (Å²) in [5.74, 6) is 1.11. The van der Waals surface area contributed by atoms with Gasteiger partial charge in [-0.3, -0.25) is 4.79 Å². The highest BCUT2D eigenvalue weighted by Crippen LogP contribution is 2.26. The van der Waals surface area contributed by atoms with Crippen LogP contribution < -0.4 is 16.0 Å². The van der Waals surface area contributed by atoms with Crippen LogP contribution >= 0.6 is 24.0 Å². The highest BCUT2D eigenvalue weighted by molar-refractivity contribution is 14.0. The van der Waals surface area contributed by atoms with E-state index in [0.717, 1.165) is 75.4 Å². The number of hydrogen-bond acceptors (Lipinski definition) is 3. The minimum Gasteiger partial charge on any atom is -0.373 e. The number of anilines is 1. The van der Waals surface area contributed by atoms with E-state index >= 15 is 0 Å². The molecule has 2 aliphatic rings. The van der Waals surface area contributed by atoms with E-state index in [0.29, 0.717) is 6.54 Å². The van der Waals surface area contributed by atoms with Crippen LogP contribution in [0.2, 0.25) is 0 Å². The molecule has 0 aromatic heterocycles.